The summed E-state index contributed by atoms with van der Waals surface area (Å²) >= 11 is 0. The van der Waals surface area contributed by atoms with Crippen molar-refractivity contribution in [1.82, 2.24) is 10.2 Å². The fourth-order valence-electron chi connectivity index (χ4n) is 2.53. The Kier molecular flexibility index (Phi) is 5.81. The summed E-state index contributed by atoms with van der Waals surface area (Å²) < 4.78 is 0. The summed E-state index contributed by atoms with van der Waals surface area (Å²) in [6, 6.07) is 0. The zero-order valence-electron chi connectivity index (χ0n) is 13.0. The summed E-state index contributed by atoms with van der Waals surface area (Å²) in [7, 11) is 1.72. The highest BCUT2D eigenvalue weighted by Crippen LogP contribution is 2.29. The summed E-state index contributed by atoms with van der Waals surface area (Å²) in [6.07, 6.45) is 5.29. The van der Waals surface area contributed by atoms with Crippen LogP contribution in [0.2, 0.25) is 0 Å². The van der Waals surface area contributed by atoms with Gasteiger partial charge in [-0.15, -0.1) is 0 Å². The second kappa shape index (κ2) is 6.71. The molecule has 0 aromatic heterocycles. The number of piperidine rings is 1. The molecule has 1 unspecified atom stereocenters. The highest BCUT2D eigenvalue weighted by Gasteiger charge is 2.30. The van der Waals surface area contributed by atoms with Crippen molar-refractivity contribution in [2.45, 2.75) is 58.4 Å². The first-order valence-corrected chi connectivity index (χ1v) is 7.44. The SMILES string of the molecule is CNC(C)(CCCCN1CCC(C)(C)CC1)C(=O)O. The van der Waals surface area contributed by atoms with E-state index in [-0.39, 0.29) is 0 Å². The average Bonchev–Trinajstić information content (AvgIpc) is 2.35. The van der Waals surface area contributed by atoms with Crippen LogP contribution in [0.5, 0.6) is 0 Å². The first-order chi connectivity index (χ1) is 8.79. The van der Waals surface area contributed by atoms with Gasteiger partial charge in [0.15, 0.2) is 0 Å². The average molecular weight is 270 g/mol. The molecule has 1 saturated heterocycles. The quantitative estimate of drug-likeness (QED) is 0.697. The number of hydrogen-bond donors (Lipinski definition) is 2. The van der Waals surface area contributed by atoms with Crippen LogP contribution in [0.15, 0.2) is 0 Å². The molecule has 0 amide bonds. The van der Waals surface area contributed by atoms with E-state index < -0.39 is 11.5 Å². The molecule has 0 spiro atoms. The minimum atomic E-state index is -0.774. The Labute approximate surface area is 117 Å². The predicted octanol–water partition coefficient (Wildman–Crippen LogP) is 2.34. The monoisotopic (exact) mass is 270 g/mol. The molecule has 0 aromatic carbocycles. The molecule has 19 heavy (non-hydrogen) atoms. The number of likely N-dealkylation sites (N-methyl/N-ethyl adjacent to an activating group) is 1. The molecule has 112 valence electrons. The molecular weight excluding hydrogens is 240 g/mol. The maximum Gasteiger partial charge on any atom is 0.323 e. The number of likely N-dealkylation sites (tertiary alicyclic amines) is 1. The van der Waals surface area contributed by atoms with Crippen molar-refractivity contribution in [3.05, 3.63) is 0 Å². The smallest absolute Gasteiger partial charge is 0.323 e. The molecule has 1 heterocycles. The topological polar surface area (TPSA) is 52.6 Å². The second-order valence-corrected chi connectivity index (χ2v) is 6.85. The van der Waals surface area contributed by atoms with Crippen molar-refractivity contribution < 1.29 is 9.90 Å². The van der Waals surface area contributed by atoms with Crippen LogP contribution in [0, 0.1) is 5.41 Å². The lowest BCUT2D eigenvalue weighted by atomic mass is 9.82. The van der Waals surface area contributed by atoms with E-state index in [1.165, 1.54) is 25.9 Å². The Hall–Kier alpha value is -0.610. The number of carboxylic acid groups (broad SMARTS) is 1. The number of hydrogen-bond acceptors (Lipinski definition) is 3. The normalized spacial score (nSPS) is 22.9. The van der Waals surface area contributed by atoms with E-state index in [9.17, 15) is 4.79 Å². The van der Waals surface area contributed by atoms with E-state index in [2.05, 4.69) is 24.1 Å². The van der Waals surface area contributed by atoms with Crippen LogP contribution >= 0.6 is 0 Å². The summed E-state index contributed by atoms with van der Waals surface area (Å²) in [5.41, 5.74) is -0.269. The molecule has 4 nitrogen and oxygen atoms in total. The van der Waals surface area contributed by atoms with Gasteiger partial charge in [-0.25, -0.2) is 0 Å². The van der Waals surface area contributed by atoms with Crippen LogP contribution in [-0.2, 0) is 4.79 Å². The van der Waals surface area contributed by atoms with E-state index in [4.69, 9.17) is 5.11 Å². The molecule has 0 radical (unpaired) electrons. The van der Waals surface area contributed by atoms with Crippen molar-refractivity contribution in [1.29, 1.82) is 0 Å². The van der Waals surface area contributed by atoms with Crippen LogP contribution in [0.1, 0.15) is 52.9 Å². The summed E-state index contributed by atoms with van der Waals surface area (Å²) in [5, 5.41) is 12.1. The van der Waals surface area contributed by atoms with Gasteiger partial charge in [0.05, 0.1) is 0 Å². The van der Waals surface area contributed by atoms with E-state index in [0.29, 0.717) is 11.8 Å². The molecular formula is C15H30N2O2. The van der Waals surface area contributed by atoms with Crippen LogP contribution in [0.25, 0.3) is 0 Å². The van der Waals surface area contributed by atoms with Crippen molar-refractivity contribution in [2.24, 2.45) is 5.41 Å². The lowest BCUT2D eigenvalue weighted by Gasteiger charge is -2.37. The molecule has 0 bridgehead atoms. The molecule has 1 aliphatic rings. The van der Waals surface area contributed by atoms with Gasteiger partial charge in [0.25, 0.3) is 0 Å². The maximum atomic E-state index is 11.1. The van der Waals surface area contributed by atoms with Crippen molar-refractivity contribution in [3.63, 3.8) is 0 Å². The van der Waals surface area contributed by atoms with Crippen LogP contribution in [-0.4, -0.2) is 48.2 Å². The van der Waals surface area contributed by atoms with Crippen LogP contribution in [0.4, 0.5) is 0 Å². The fraction of sp³-hybridized carbons (Fsp3) is 0.933. The highest BCUT2D eigenvalue weighted by atomic mass is 16.4. The number of carbonyl (C=O) groups is 1. The fourth-order valence-corrected chi connectivity index (χ4v) is 2.53. The molecule has 2 N–H and O–H groups in total. The Morgan fingerprint density at radius 3 is 2.37 bits per heavy atom. The van der Waals surface area contributed by atoms with Gasteiger partial charge in [-0.1, -0.05) is 13.8 Å². The summed E-state index contributed by atoms with van der Waals surface area (Å²) in [6.45, 7) is 9.93. The number of aliphatic carboxylic acids is 1. The van der Waals surface area contributed by atoms with Crippen LogP contribution in [0.3, 0.4) is 0 Å². The molecule has 1 atom stereocenters. The van der Waals surface area contributed by atoms with Gasteiger partial charge in [0.2, 0.25) is 0 Å². The first-order valence-electron chi connectivity index (χ1n) is 7.44. The van der Waals surface area contributed by atoms with Gasteiger partial charge in [-0.05, 0) is 71.1 Å². The lowest BCUT2D eigenvalue weighted by molar-refractivity contribution is -0.144. The van der Waals surface area contributed by atoms with Crippen molar-refractivity contribution >= 4 is 5.97 Å². The van der Waals surface area contributed by atoms with Crippen LogP contribution < -0.4 is 5.32 Å². The van der Waals surface area contributed by atoms with E-state index in [0.717, 1.165) is 19.4 Å². The molecule has 0 aliphatic carbocycles. The predicted molar refractivity (Wildman–Crippen MR) is 78.4 cm³/mol. The molecule has 4 heteroatoms. The van der Waals surface area contributed by atoms with Gasteiger partial charge in [-0.2, -0.15) is 0 Å². The zero-order chi connectivity index (χ0) is 14.5. The van der Waals surface area contributed by atoms with Gasteiger partial charge >= 0.3 is 5.97 Å². The third kappa shape index (κ3) is 5.11. The standard InChI is InChI=1S/C15H30N2O2/c1-14(2)8-11-17(12-9-14)10-6-5-7-15(3,16-4)13(18)19/h16H,5-12H2,1-4H3,(H,18,19). The maximum absolute atomic E-state index is 11.1. The Morgan fingerprint density at radius 2 is 1.89 bits per heavy atom. The van der Waals surface area contributed by atoms with Gasteiger partial charge in [0.1, 0.15) is 5.54 Å². The Morgan fingerprint density at radius 1 is 1.32 bits per heavy atom. The highest BCUT2D eigenvalue weighted by molar-refractivity contribution is 5.78. The zero-order valence-corrected chi connectivity index (χ0v) is 13.0. The van der Waals surface area contributed by atoms with E-state index in [1.807, 2.05) is 0 Å². The number of nitrogens with zero attached hydrogens (tertiary/aromatic N) is 1. The number of nitrogens with one attached hydrogen (secondary N) is 1. The lowest BCUT2D eigenvalue weighted by Crippen LogP contribution is -2.47. The minimum Gasteiger partial charge on any atom is -0.480 e. The Bertz CT molecular complexity index is 295. The first kappa shape index (κ1) is 16.4. The van der Waals surface area contributed by atoms with E-state index >= 15 is 0 Å². The molecule has 0 aromatic rings. The van der Waals surface area contributed by atoms with Gasteiger partial charge in [0, 0.05) is 0 Å². The Balaban J connectivity index is 2.20. The van der Waals surface area contributed by atoms with E-state index in [1.54, 1.807) is 14.0 Å². The van der Waals surface area contributed by atoms with Crippen molar-refractivity contribution in [3.8, 4) is 0 Å². The molecule has 1 rings (SSSR count). The number of carboxylic acids is 1. The second-order valence-electron chi connectivity index (χ2n) is 6.85. The third-order valence-electron chi connectivity index (χ3n) is 4.63. The molecule has 0 saturated carbocycles. The van der Waals surface area contributed by atoms with Gasteiger partial charge in [-0.3, -0.25) is 4.79 Å². The summed E-state index contributed by atoms with van der Waals surface area (Å²) in [4.78, 5) is 13.7. The molecule has 1 fully saturated rings. The molecule has 1 aliphatic heterocycles. The number of rotatable bonds is 7. The third-order valence-corrected chi connectivity index (χ3v) is 4.63. The minimum absolute atomic E-state index is 0.504. The largest absolute Gasteiger partial charge is 0.480 e. The summed E-state index contributed by atoms with van der Waals surface area (Å²) in [5.74, 6) is -0.755. The number of unbranched alkanes of at least 4 members (excludes halogenated alkanes) is 1. The van der Waals surface area contributed by atoms with Gasteiger partial charge < -0.3 is 15.3 Å². The van der Waals surface area contributed by atoms with Crippen molar-refractivity contribution in [2.75, 3.05) is 26.7 Å².